The fourth-order valence-corrected chi connectivity index (χ4v) is 9.08. The lowest BCUT2D eigenvalue weighted by atomic mass is 9.99. The van der Waals surface area contributed by atoms with Gasteiger partial charge in [-0.1, -0.05) is 84.1 Å². The van der Waals surface area contributed by atoms with Crippen LogP contribution in [0.3, 0.4) is 0 Å². The molecule has 0 spiro atoms. The van der Waals surface area contributed by atoms with Gasteiger partial charge in [0.15, 0.2) is 4.96 Å². The second kappa shape index (κ2) is 8.03. The SMILES string of the molecule is O=c1c2ccc(-n3c4ccccc4c4c5ccccc5c5c6ccccc6sc5c43)cc2nc2sc3ccccc3n12. The zero-order chi connectivity index (χ0) is 27.5. The molecule has 196 valence electrons. The second-order valence-corrected chi connectivity index (χ2v) is 12.8. The Morgan fingerprint density at radius 2 is 1.24 bits per heavy atom. The van der Waals surface area contributed by atoms with Crippen LogP contribution >= 0.6 is 22.7 Å². The highest BCUT2D eigenvalue weighted by molar-refractivity contribution is 7.27. The average molecular weight is 574 g/mol. The first-order valence-corrected chi connectivity index (χ1v) is 15.5. The molecule has 6 heteroatoms. The molecule has 0 unspecified atom stereocenters. The van der Waals surface area contributed by atoms with Gasteiger partial charge in [-0.15, -0.1) is 11.3 Å². The van der Waals surface area contributed by atoms with Crippen molar-refractivity contribution in [2.45, 2.75) is 0 Å². The van der Waals surface area contributed by atoms with Gasteiger partial charge in [-0.3, -0.25) is 9.20 Å². The van der Waals surface area contributed by atoms with E-state index in [1.165, 1.54) is 47.2 Å². The summed E-state index contributed by atoms with van der Waals surface area (Å²) in [5.74, 6) is 0. The zero-order valence-electron chi connectivity index (χ0n) is 22.0. The number of benzene rings is 6. The second-order valence-electron chi connectivity index (χ2n) is 10.7. The Kier molecular flexibility index (Phi) is 4.33. The molecule has 10 rings (SSSR count). The smallest absolute Gasteiger partial charge is 0.266 e. The Balaban J connectivity index is 1.40. The molecule has 10 aromatic rings. The molecular weight excluding hydrogens is 555 g/mol. The molecule has 0 aliphatic rings. The number of nitrogens with zero attached hydrogens (tertiary/aromatic N) is 3. The van der Waals surface area contributed by atoms with Gasteiger partial charge in [0.1, 0.15) is 0 Å². The molecule has 6 aromatic carbocycles. The van der Waals surface area contributed by atoms with Crippen molar-refractivity contribution in [2.24, 2.45) is 0 Å². The summed E-state index contributed by atoms with van der Waals surface area (Å²) in [4.78, 5) is 19.5. The van der Waals surface area contributed by atoms with E-state index in [9.17, 15) is 4.79 Å². The van der Waals surface area contributed by atoms with Crippen LogP contribution in [-0.2, 0) is 0 Å². The predicted molar refractivity (Wildman–Crippen MR) is 179 cm³/mol. The van der Waals surface area contributed by atoms with Crippen LogP contribution in [0.25, 0.3) is 84.5 Å². The summed E-state index contributed by atoms with van der Waals surface area (Å²) in [6.07, 6.45) is 0. The largest absolute Gasteiger partial charge is 0.308 e. The minimum atomic E-state index is -0.0286. The molecule has 0 fully saturated rings. The van der Waals surface area contributed by atoms with Crippen LogP contribution in [0.2, 0.25) is 0 Å². The maximum atomic E-state index is 13.7. The molecule has 42 heavy (non-hydrogen) atoms. The Morgan fingerprint density at radius 1 is 0.571 bits per heavy atom. The number of hydrogen-bond donors (Lipinski definition) is 0. The van der Waals surface area contributed by atoms with E-state index in [1.807, 2.05) is 41.7 Å². The predicted octanol–water partition coefficient (Wildman–Crippen LogP) is 9.68. The molecule has 0 aliphatic heterocycles. The molecule has 0 saturated heterocycles. The molecule has 0 amide bonds. The van der Waals surface area contributed by atoms with Crippen molar-refractivity contribution in [2.75, 3.05) is 0 Å². The van der Waals surface area contributed by atoms with E-state index in [-0.39, 0.29) is 5.56 Å². The quantitative estimate of drug-likeness (QED) is 0.196. The Morgan fingerprint density at radius 3 is 2.07 bits per heavy atom. The monoisotopic (exact) mass is 573 g/mol. The van der Waals surface area contributed by atoms with E-state index in [0.29, 0.717) is 15.9 Å². The summed E-state index contributed by atoms with van der Waals surface area (Å²) in [6, 6.07) is 40.3. The van der Waals surface area contributed by atoms with E-state index in [2.05, 4.69) is 89.5 Å². The molecule has 0 bridgehead atoms. The highest BCUT2D eigenvalue weighted by Crippen LogP contribution is 2.47. The van der Waals surface area contributed by atoms with Crippen molar-refractivity contribution in [3.8, 4) is 5.69 Å². The Hall–Kier alpha value is -5.04. The maximum absolute atomic E-state index is 13.7. The molecule has 0 saturated carbocycles. The van der Waals surface area contributed by atoms with Crippen molar-refractivity contribution in [3.05, 3.63) is 126 Å². The lowest BCUT2D eigenvalue weighted by Gasteiger charge is -2.11. The first-order chi connectivity index (χ1) is 20.8. The van der Waals surface area contributed by atoms with Crippen molar-refractivity contribution in [1.29, 1.82) is 0 Å². The fraction of sp³-hybridized carbons (Fsp3) is 0. The van der Waals surface area contributed by atoms with Crippen LogP contribution in [0.5, 0.6) is 0 Å². The Bertz CT molecular complexity index is 2830. The van der Waals surface area contributed by atoms with E-state index >= 15 is 0 Å². The topological polar surface area (TPSA) is 39.3 Å². The number of hydrogen-bond acceptors (Lipinski definition) is 4. The van der Waals surface area contributed by atoms with E-state index < -0.39 is 0 Å². The summed E-state index contributed by atoms with van der Waals surface area (Å²) in [6.45, 7) is 0. The normalized spacial score (nSPS) is 12.4. The lowest BCUT2D eigenvalue weighted by molar-refractivity contribution is 1.15. The van der Waals surface area contributed by atoms with Crippen molar-refractivity contribution >= 4 is 102 Å². The minimum absolute atomic E-state index is 0.0286. The fourth-order valence-electron chi connectivity index (χ4n) is 6.79. The number of fused-ring (bicyclic) bond motifs is 14. The first-order valence-electron chi connectivity index (χ1n) is 13.9. The van der Waals surface area contributed by atoms with Gasteiger partial charge in [0.05, 0.1) is 36.9 Å². The van der Waals surface area contributed by atoms with Crippen LogP contribution in [-0.4, -0.2) is 14.0 Å². The van der Waals surface area contributed by atoms with Gasteiger partial charge in [-0.2, -0.15) is 0 Å². The van der Waals surface area contributed by atoms with Crippen LogP contribution in [0.1, 0.15) is 0 Å². The van der Waals surface area contributed by atoms with Crippen molar-refractivity contribution in [3.63, 3.8) is 0 Å². The molecule has 0 N–H and O–H groups in total. The highest BCUT2D eigenvalue weighted by atomic mass is 32.1. The molecule has 4 heterocycles. The van der Waals surface area contributed by atoms with E-state index in [0.717, 1.165) is 21.4 Å². The maximum Gasteiger partial charge on any atom is 0.266 e. The lowest BCUT2D eigenvalue weighted by Crippen LogP contribution is -2.13. The number of aromatic nitrogens is 3. The average Bonchev–Trinajstić information content (AvgIpc) is 3.71. The van der Waals surface area contributed by atoms with Gasteiger partial charge in [0.25, 0.3) is 5.56 Å². The Labute approximate surface area is 245 Å². The van der Waals surface area contributed by atoms with Crippen molar-refractivity contribution in [1.82, 2.24) is 14.0 Å². The number of rotatable bonds is 1. The standard InChI is InChI=1S/C36H19N3OS2/c40-35-23-18-17-20(19-26(23)37-36-39(35)28-14-6-8-16-30(28)42-36)38-27-13-5-3-11-24(27)31-21-9-1-2-10-22(21)32-25-12-4-7-15-29(25)41-34(32)33(31)38/h1-19H. The van der Waals surface area contributed by atoms with Crippen LogP contribution in [0.4, 0.5) is 0 Å². The zero-order valence-corrected chi connectivity index (χ0v) is 23.7. The highest BCUT2D eigenvalue weighted by Gasteiger charge is 2.22. The van der Waals surface area contributed by atoms with Gasteiger partial charge in [-0.25, -0.2) is 4.98 Å². The summed E-state index contributed by atoms with van der Waals surface area (Å²) >= 11 is 3.40. The molecule has 4 nitrogen and oxygen atoms in total. The van der Waals surface area contributed by atoms with Crippen LogP contribution in [0, 0.1) is 0 Å². The third kappa shape index (κ3) is 2.80. The van der Waals surface area contributed by atoms with E-state index in [4.69, 9.17) is 4.98 Å². The molecule has 4 aromatic heterocycles. The molecule has 0 atom stereocenters. The van der Waals surface area contributed by atoms with Crippen LogP contribution in [0.15, 0.2) is 120 Å². The van der Waals surface area contributed by atoms with Gasteiger partial charge < -0.3 is 4.57 Å². The van der Waals surface area contributed by atoms with Crippen molar-refractivity contribution < 1.29 is 0 Å². The molecule has 0 radical (unpaired) electrons. The summed E-state index contributed by atoms with van der Waals surface area (Å²) < 4.78 is 7.73. The summed E-state index contributed by atoms with van der Waals surface area (Å²) in [5.41, 5.74) is 4.93. The number of para-hydroxylation sites is 2. The number of thiazole rings is 1. The first kappa shape index (κ1) is 22.6. The molecular formula is C36H19N3OS2. The van der Waals surface area contributed by atoms with Crippen LogP contribution < -0.4 is 5.56 Å². The third-order valence-electron chi connectivity index (χ3n) is 8.54. The third-order valence-corrected chi connectivity index (χ3v) is 10.7. The summed E-state index contributed by atoms with van der Waals surface area (Å²) in [5, 5.41) is 8.21. The van der Waals surface area contributed by atoms with Gasteiger partial charge in [-0.05, 0) is 53.2 Å². The van der Waals surface area contributed by atoms with E-state index in [1.54, 1.807) is 15.7 Å². The van der Waals surface area contributed by atoms with Gasteiger partial charge in [0.2, 0.25) is 0 Å². The van der Waals surface area contributed by atoms with Gasteiger partial charge in [0, 0.05) is 31.9 Å². The van der Waals surface area contributed by atoms with Gasteiger partial charge >= 0.3 is 0 Å². The minimum Gasteiger partial charge on any atom is -0.308 e. The molecule has 0 aliphatic carbocycles. The number of thiophene rings is 1. The summed E-state index contributed by atoms with van der Waals surface area (Å²) in [7, 11) is 0.